The van der Waals surface area contributed by atoms with Gasteiger partial charge in [-0.05, 0) is 38.1 Å². The highest BCUT2D eigenvalue weighted by Gasteiger charge is 2.04. The molecular formula is C19H28N10O. The SMILES string of the molecule is CC(C)N(N)/N=C(\N)CCNC=O.CNc1cn2nc(-c3cccnc3)ccc2n1. The number of aromatic nitrogens is 4. The Hall–Kier alpha value is -3.73. The van der Waals surface area contributed by atoms with Crippen molar-refractivity contribution in [3.05, 3.63) is 42.9 Å². The highest BCUT2D eigenvalue weighted by atomic mass is 16.1. The number of imidazole rings is 1. The maximum atomic E-state index is 9.89. The van der Waals surface area contributed by atoms with Crippen LogP contribution in [-0.2, 0) is 4.79 Å². The first-order valence-corrected chi connectivity index (χ1v) is 9.43. The molecule has 0 radical (unpaired) electrons. The molecule has 11 nitrogen and oxygen atoms in total. The van der Waals surface area contributed by atoms with E-state index >= 15 is 0 Å². The first-order valence-electron chi connectivity index (χ1n) is 9.43. The van der Waals surface area contributed by atoms with Crippen LogP contribution < -0.4 is 22.2 Å². The third kappa shape index (κ3) is 6.71. The van der Waals surface area contributed by atoms with E-state index in [4.69, 9.17) is 11.6 Å². The van der Waals surface area contributed by atoms with E-state index in [1.54, 1.807) is 16.9 Å². The quantitative estimate of drug-likeness (QED) is 0.106. The van der Waals surface area contributed by atoms with E-state index < -0.39 is 0 Å². The number of hydrazine groups is 1. The largest absolute Gasteiger partial charge is 0.386 e. The van der Waals surface area contributed by atoms with E-state index in [1.807, 2.05) is 51.4 Å². The summed E-state index contributed by atoms with van der Waals surface area (Å²) in [4.78, 5) is 18.3. The molecule has 0 aromatic carbocycles. The van der Waals surface area contributed by atoms with Crippen molar-refractivity contribution in [2.75, 3.05) is 18.9 Å². The summed E-state index contributed by atoms with van der Waals surface area (Å²) >= 11 is 0. The third-order valence-corrected chi connectivity index (χ3v) is 3.92. The number of hydrazone groups is 1. The number of amides is 1. The van der Waals surface area contributed by atoms with E-state index in [-0.39, 0.29) is 6.04 Å². The number of rotatable bonds is 8. The number of carbonyl (C=O) groups is 1. The molecule has 0 bridgehead atoms. The molecule has 0 atom stereocenters. The maximum Gasteiger partial charge on any atom is 0.207 e. The number of hydrogen-bond donors (Lipinski definition) is 4. The summed E-state index contributed by atoms with van der Waals surface area (Å²) in [6.07, 6.45) is 6.52. The Bertz CT molecular complexity index is 954. The predicted octanol–water partition coefficient (Wildman–Crippen LogP) is 0.812. The number of nitrogens with zero attached hydrogens (tertiary/aromatic N) is 6. The van der Waals surface area contributed by atoms with Gasteiger partial charge in [-0.2, -0.15) is 5.10 Å². The summed E-state index contributed by atoms with van der Waals surface area (Å²) < 4.78 is 1.76. The monoisotopic (exact) mass is 412 g/mol. The second-order valence-electron chi connectivity index (χ2n) is 6.53. The zero-order valence-electron chi connectivity index (χ0n) is 17.4. The lowest BCUT2D eigenvalue weighted by molar-refractivity contribution is -0.109. The molecule has 0 unspecified atom stereocenters. The van der Waals surface area contributed by atoms with E-state index in [2.05, 4.69) is 30.8 Å². The molecular weight excluding hydrogens is 384 g/mol. The molecule has 0 aliphatic heterocycles. The van der Waals surface area contributed by atoms with Crippen molar-refractivity contribution in [2.24, 2.45) is 16.7 Å². The highest BCUT2D eigenvalue weighted by molar-refractivity contribution is 5.80. The Morgan fingerprint density at radius 1 is 1.37 bits per heavy atom. The summed E-state index contributed by atoms with van der Waals surface area (Å²) in [5.41, 5.74) is 8.22. The Balaban J connectivity index is 0.000000224. The molecule has 3 rings (SSSR count). The van der Waals surface area contributed by atoms with Crippen molar-refractivity contribution >= 4 is 23.7 Å². The van der Waals surface area contributed by atoms with Gasteiger partial charge in [0, 0.05) is 38.0 Å². The van der Waals surface area contributed by atoms with Crippen molar-refractivity contribution in [3.63, 3.8) is 0 Å². The number of nitrogens with two attached hydrogens (primary N) is 2. The van der Waals surface area contributed by atoms with Gasteiger partial charge in [0.1, 0.15) is 11.7 Å². The lowest BCUT2D eigenvalue weighted by Crippen LogP contribution is -2.35. The van der Waals surface area contributed by atoms with Gasteiger partial charge in [0.2, 0.25) is 6.41 Å². The molecule has 3 heterocycles. The number of hydrogen-bond acceptors (Lipinski definition) is 8. The summed E-state index contributed by atoms with van der Waals surface area (Å²) in [6, 6.07) is 7.87. The minimum Gasteiger partial charge on any atom is -0.386 e. The first-order chi connectivity index (χ1) is 14.4. The molecule has 0 fully saturated rings. The van der Waals surface area contributed by atoms with Gasteiger partial charge in [0.15, 0.2) is 5.65 Å². The van der Waals surface area contributed by atoms with Gasteiger partial charge in [-0.3, -0.25) is 9.78 Å². The predicted molar refractivity (Wildman–Crippen MR) is 117 cm³/mol. The zero-order chi connectivity index (χ0) is 21.9. The Labute approximate surface area is 175 Å². The van der Waals surface area contributed by atoms with E-state index in [0.717, 1.165) is 22.7 Å². The minimum atomic E-state index is 0.109. The Morgan fingerprint density at radius 3 is 2.80 bits per heavy atom. The number of amidine groups is 1. The van der Waals surface area contributed by atoms with E-state index in [9.17, 15) is 4.79 Å². The molecule has 30 heavy (non-hydrogen) atoms. The second kappa shape index (κ2) is 11.3. The molecule has 1 amide bonds. The van der Waals surface area contributed by atoms with Gasteiger partial charge in [-0.15, -0.1) is 5.10 Å². The zero-order valence-corrected chi connectivity index (χ0v) is 17.4. The van der Waals surface area contributed by atoms with Crippen molar-refractivity contribution in [3.8, 4) is 11.3 Å². The van der Waals surface area contributed by atoms with Crippen LogP contribution in [0.25, 0.3) is 16.9 Å². The summed E-state index contributed by atoms with van der Waals surface area (Å²) in [7, 11) is 1.84. The molecule has 160 valence electrons. The van der Waals surface area contributed by atoms with Crippen LogP contribution in [0, 0.1) is 0 Å². The van der Waals surface area contributed by atoms with Crippen LogP contribution >= 0.6 is 0 Å². The van der Waals surface area contributed by atoms with E-state index in [0.29, 0.717) is 25.2 Å². The number of anilines is 1. The number of fused-ring (bicyclic) bond motifs is 1. The van der Waals surface area contributed by atoms with Gasteiger partial charge in [0.25, 0.3) is 0 Å². The van der Waals surface area contributed by atoms with Crippen LogP contribution in [0.4, 0.5) is 5.82 Å². The van der Waals surface area contributed by atoms with Crippen LogP contribution in [0.1, 0.15) is 20.3 Å². The van der Waals surface area contributed by atoms with Crippen LogP contribution in [-0.4, -0.2) is 56.6 Å². The lowest BCUT2D eigenvalue weighted by Gasteiger charge is -2.17. The normalized spacial score (nSPS) is 11.0. The fraction of sp³-hybridized carbons (Fsp3) is 0.316. The molecule has 3 aromatic heterocycles. The molecule has 11 heteroatoms. The molecule has 0 aliphatic rings. The topological polar surface area (TPSA) is 152 Å². The molecule has 0 saturated carbocycles. The first kappa shape index (κ1) is 22.6. The van der Waals surface area contributed by atoms with Gasteiger partial charge >= 0.3 is 0 Å². The van der Waals surface area contributed by atoms with Crippen molar-refractivity contribution in [1.29, 1.82) is 0 Å². The van der Waals surface area contributed by atoms with E-state index in [1.165, 1.54) is 5.12 Å². The van der Waals surface area contributed by atoms with Crippen LogP contribution in [0.5, 0.6) is 0 Å². The second-order valence-corrected chi connectivity index (χ2v) is 6.53. The van der Waals surface area contributed by atoms with Gasteiger partial charge in [-0.25, -0.2) is 20.5 Å². The molecule has 6 N–H and O–H groups in total. The van der Waals surface area contributed by atoms with Crippen molar-refractivity contribution in [1.82, 2.24) is 30.0 Å². The summed E-state index contributed by atoms with van der Waals surface area (Å²) in [6.45, 7) is 4.28. The van der Waals surface area contributed by atoms with Crippen LogP contribution in [0.15, 0.2) is 48.0 Å². The lowest BCUT2D eigenvalue weighted by atomic mass is 10.2. The fourth-order valence-electron chi connectivity index (χ4n) is 2.24. The minimum absolute atomic E-state index is 0.109. The van der Waals surface area contributed by atoms with Crippen LogP contribution in [0.3, 0.4) is 0 Å². The number of nitrogens with one attached hydrogen (secondary N) is 2. The number of carbonyl (C=O) groups excluding carboxylic acids is 1. The molecule has 0 saturated heterocycles. The number of pyridine rings is 1. The van der Waals surface area contributed by atoms with Gasteiger partial charge in [-0.1, -0.05) is 0 Å². The fourth-order valence-corrected chi connectivity index (χ4v) is 2.24. The molecule has 0 spiro atoms. The average Bonchev–Trinajstić information content (AvgIpc) is 3.17. The van der Waals surface area contributed by atoms with Crippen molar-refractivity contribution < 1.29 is 4.79 Å². The Morgan fingerprint density at radius 2 is 2.17 bits per heavy atom. The smallest absolute Gasteiger partial charge is 0.207 e. The van der Waals surface area contributed by atoms with Gasteiger partial charge in [0.05, 0.1) is 17.9 Å². The highest BCUT2D eigenvalue weighted by Crippen LogP contribution is 2.16. The van der Waals surface area contributed by atoms with Crippen LogP contribution in [0.2, 0.25) is 0 Å². The standard InChI is InChI=1S/C12H11N5.C7H17N5O/c1-13-11-8-17-12(15-11)5-4-10(16-17)9-3-2-6-14-7-9;1-6(2)12(9)11-7(8)3-4-10-5-13/h2-8,13H,1H3;5-6H,3-4,9H2,1-2H3,(H2,8,11)(H,10,13). The van der Waals surface area contributed by atoms with Crippen molar-refractivity contribution in [2.45, 2.75) is 26.3 Å². The third-order valence-electron chi connectivity index (χ3n) is 3.92. The van der Waals surface area contributed by atoms with Gasteiger partial charge < -0.3 is 16.4 Å². The summed E-state index contributed by atoms with van der Waals surface area (Å²) in [5, 5.41) is 15.1. The maximum absolute atomic E-state index is 9.89. The summed E-state index contributed by atoms with van der Waals surface area (Å²) in [5.74, 6) is 6.71. The molecule has 3 aromatic rings. The average molecular weight is 413 g/mol. The Kier molecular flexibility index (Phi) is 8.51. The molecule has 0 aliphatic carbocycles.